The zero-order valence-electron chi connectivity index (χ0n) is 11.6. The molecule has 2 rings (SSSR count). The van der Waals surface area contributed by atoms with Gasteiger partial charge in [0, 0.05) is 17.6 Å². The minimum absolute atomic E-state index is 0.357. The van der Waals surface area contributed by atoms with Crippen molar-refractivity contribution in [2.24, 2.45) is 0 Å². The lowest BCUT2D eigenvalue weighted by atomic mass is 10.2. The van der Waals surface area contributed by atoms with Crippen molar-refractivity contribution in [1.29, 1.82) is 0 Å². The van der Waals surface area contributed by atoms with Gasteiger partial charge in [-0.3, -0.25) is 0 Å². The molecule has 1 aromatic carbocycles. The maximum Gasteiger partial charge on any atom is 0.244 e. The van der Waals surface area contributed by atoms with E-state index in [-0.39, 0.29) is 0 Å². The van der Waals surface area contributed by atoms with Crippen molar-refractivity contribution in [3.63, 3.8) is 0 Å². The molecule has 0 bridgehead atoms. The monoisotopic (exact) mass is 291 g/mol. The van der Waals surface area contributed by atoms with E-state index in [0.717, 1.165) is 22.8 Å². The van der Waals surface area contributed by atoms with E-state index in [1.54, 1.807) is 6.20 Å². The molecular weight excluding hydrogens is 274 g/mol. The Balaban J connectivity index is 1.95. The van der Waals surface area contributed by atoms with Crippen LogP contribution in [0, 0.1) is 0 Å². The van der Waals surface area contributed by atoms with E-state index in [9.17, 15) is 0 Å². The SMILES string of the molecule is CCC(C)Nc1cnnc(NCc2ccc(Cl)cc2)n1. The van der Waals surface area contributed by atoms with Crippen LogP contribution < -0.4 is 10.6 Å². The van der Waals surface area contributed by atoms with Crippen LogP contribution in [-0.4, -0.2) is 21.2 Å². The fraction of sp³-hybridized carbons (Fsp3) is 0.357. The molecule has 2 N–H and O–H groups in total. The first-order valence-corrected chi connectivity index (χ1v) is 6.99. The third-order valence-corrected chi connectivity index (χ3v) is 3.18. The quantitative estimate of drug-likeness (QED) is 0.854. The Hall–Kier alpha value is -1.88. The van der Waals surface area contributed by atoms with Gasteiger partial charge >= 0.3 is 0 Å². The second-order valence-corrected chi connectivity index (χ2v) is 5.04. The predicted molar refractivity (Wildman–Crippen MR) is 82.0 cm³/mol. The van der Waals surface area contributed by atoms with Gasteiger partial charge in [-0.15, -0.1) is 5.10 Å². The van der Waals surface area contributed by atoms with Crippen LogP contribution in [0.5, 0.6) is 0 Å². The van der Waals surface area contributed by atoms with Crippen LogP contribution >= 0.6 is 11.6 Å². The van der Waals surface area contributed by atoms with E-state index in [0.29, 0.717) is 18.5 Å². The minimum atomic E-state index is 0.357. The van der Waals surface area contributed by atoms with Gasteiger partial charge in [0.25, 0.3) is 0 Å². The highest BCUT2D eigenvalue weighted by Gasteiger charge is 2.03. The van der Waals surface area contributed by atoms with Crippen LogP contribution in [0.2, 0.25) is 5.02 Å². The van der Waals surface area contributed by atoms with Gasteiger partial charge in [-0.2, -0.15) is 10.1 Å². The number of halogens is 1. The molecule has 20 heavy (non-hydrogen) atoms. The van der Waals surface area contributed by atoms with Gasteiger partial charge in [0.05, 0.1) is 6.20 Å². The molecule has 106 valence electrons. The van der Waals surface area contributed by atoms with Crippen LogP contribution in [-0.2, 0) is 6.54 Å². The number of anilines is 2. The molecule has 0 spiro atoms. The van der Waals surface area contributed by atoms with Crippen molar-refractivity contribution < 1.29 is 0 Å². The first kappa shape index (κ1) is 14.5. The second-order valence-electron chi connectivity index (χ2n) is 4.60. The molecule has 0 saturated heterocycles. The third kappa shape index (κ3) is 4.35. The van der Waals surface area contributed by atoms with Gasteiger partial charge < -0.3 is 10.6 Å². The summed E-state index contributed by atoms with van der Waals surface area (Å²) in [5, 5.41) is 15.0. The van der Waals surface area contributed by atoms with Crippen LogP contribution in [0.4, 0.5) is 11.8 Å². The van der Waals surface area contributed by atoms with Crippen molar-refractivity contribution in [3.8, 4) is 0 Å². The fourth-order valence-corrected chi connectivity index (χ4v) is 1.71. The van der Waals surface area contributed by atoms with E-state index in [4.69, 9.17) is 11.6 Å². The molecule has 0 aliphatic rings. The Morgan fingerprint density at radius 3 is 2.70 bits per heavy atom. The van der Waals surface area contributed by atoms with Gasteiger partial charge in [0.15, 0.2) is 5.82 Å². The van der Waals surface area contributed by atoms with Gasteiger partial charge in [0.2, 0.25) is 5.95 Å². The summed E-state index contributed by atoms with van der Waals surface area (Å²) in [6.45, 7) is 4.85. The maximum atomic E-state index is 5.85. The standard InChI is InChI=1S/C14H18ClN5/c1-3-10(2)18-13-9-17-20-14(19-13)16-8-11-4-6-12(15)7-5-11/h4-7,9-10H,3,8H2,1-2H3,(H2,16,18,19,20). The third-order valence-electron chi connectivity index (χ3n) is 2.93. The number of nitrogens with one attached hydrogen (secondary N) is 2. The average Bonchev–Trinajstić information content (AvgIpc) is 2.47. The molecular formula is C14H18ClN5. The topological polar surface area (TPSA) is 62.7 Å². The Labute approximate surface area is 123 Å². The van der Waals surface area contributed by atoms with Gasteiger partial charge in [-0.25, -0.2) is 0 Å². The first-order chi connectivity index (χ1) is 9.67. The molecule has 0 saturated carbocycles. The number of benzene rings is 1. The summed E-state index contributed by atoms with van der Waals surface area (Å²) in [5.74, 6) is 1.24. The first-order valence-electron chi connectivity index (χ1n) is 6.62. The van der Waals surface area contributed by atoms with Gasteiger partial charge in [-0.1, -0.05) is 30.7 Å². The van der Waals surface area contributed by atoms with Gasteiger partial charge in [0.1, 0.15) is 0 Å². The highest BCUT2D eigenvalue weighted by Crippen LogP contribution is 2.11. The molecule has 0 aliphatic heterocycles. The summed E-state index contributed by atoms with van der Waals surface area (Å²) in [5.41, 5.74) is 1.11. The Bertz CT molecular complexity index is 544. The van der Waals surface area contributed by atoms with Crippen molar-refractivity contribution in [1.82, 2.24) is 15.2 Å². The maximum absolute atomic E-state index is 5.85. The van der Waals surface area contributed by atoms with E-state index < -0.39 is 0 Å². The second kappa shape index (κ2) is 7.05. The summed E-state index contributed by atoms with van der Waals surface area (Å²) >= 11 is 5.85. The number of nitrogens with zero attached hydrogens (tertiary/aromatic N) is 3. The summed E-state index contributed by atoms with van der Waals surface area (Å²) in [7, 11) is 0. The number of hydrogen-bond acceptors (Lipinski definition) is 5. The lowest BCUT2D eigenvalue weighted by Gasteiger charge is -2.12. The van der Waals surface area contributed by atoms with Crippen molar-refractivity contribution in [2.45, 2.75) is 32.9 Å². The van der Waals surface area contributed by atoms with Crippen LogP contribution in [0.15, 0.2) is 30.5 Å². The molecule has 1 unspecified atom stereocenters. The van der Waals surface area contributed by atoms with Crippen molar-refractivity contribution in [2.75, 3.05) is 10.6 Å². The summed E-state index contributed by atoms with van der Waals surface area (Å²) in [6.07, 6.45) is 2.65. The highest BCUT2D eigenvalue weighted by molar-refractivity contribution is 6.30. The number of rotatable bonds is 6. The zero-order chi connectivity index (χ0) is 14.4. The fourth-order valence-electron chi connectivity index (χ4n) is 1.59. The normalized spacial score (nSPS) is 11.9. The molecule has 2 aromatic rings. The van der Waals surface area contributed by atoms with Crippen molar-refractivity contribution in [3.05, 3.63) is 41.0 Å². The minimum Gasteiger partial charge on any atom is -0.366 e. The summed E-state index contributed by atoms with van der Waals surface area (Å²) in [6, 6.07) is 8.00. The lowest BCUT2D eigenvalue weighted by molar-refractivity contribution is 0.755. The molecule has 1 aromatic heterocycles. The molecule has 0 radical (unpaired) electrons. The van der Waals surface area contributed by atoms with Crippen molar-refractivity contribution >= 4 is 23.4 Å². The largest absolute Gasteiger partial charge is 0.366 e. The molecule has 0 amide bonds. The molecule has 6 heteroatoms. The number of hydrogen-bond donors (Lipinski definition) is 2. The van der Waals surface area contributed by atoms with Crippen LogP contribution in [0.1, 0.15) is 25.8 Å². The summed E-state index contributed by atoms with van der Waals surface area (Å²) < 4.78 is 0. The zero-order valence-corrected chi connectivity index (χ0v) is 12.4. The van der Waals surface area contributed by atoms with Gasteiger partial charge in [-0.05, 0) is 31.0 Å². The smallest absolute Gasteiger partial charge is 0.244 e. The molecule has 1 atom stereocenters. The average molecular weight is 292 g/mol. The Morgan fingerprint density at radius 2 is 2.00 bits per heavy atom. The lowest BCUT2D eigenvalue weighted by Crippen LogP contribution is -2.16. The van der Waals surface area contributed by atoms with Crippen LogP contribution in [0.25, 0.3) is 0 Å². The van der Waals surface area contributed by atoms with E-state index in [1.807, 2.05) is 24.3 Å². The number of aromatic nitrogens is 3. The molecule has 5 nitrogen and oxygen atoms in total. The van der Waals surface area contributed by atoms with Crippen LogP contribution in [0.3, 0.4) is 0 Å². The molecule has 1 heterocycles. The van der Waals surface area contributed by atoms with E-state index >= 15 is 0 Å². The molecule has 0 fully saturated rings. The Morgan fingerprint density at radius 1 is 1.25 bits per heavy atom. The molecule has 0 aliphatic carbocycles. The Kier molecular flexibility index (Phi) is 5.12. The highest BCUT2D eigenvalue weighted by atomic mass is 35.5. The summed E-state index contributed by atoms with van der Waals surface area (Å²) in [4.78, 5) is 4.37. The van der Waals surface area contributed by atoms with E-state index in [2.05, 4.69) is 39.7 Å². The predicted octanol–water partition coefficient (Wildman–Crippen LogP) is 3.35. The van der Waals surface area contributed by atoms with E-state index in [1.165, 1.54) is 0 Å².